The minimum atomic E-state index is 0.536. The van der Waals surface area contributed by atoms with E-state index >= 15 is 0 Å². The number of hydrogen-bond acceptors (Lipinski definition) is 2. The Labute approximate surface area is 120 Å². The molecule has 0 radical (unpaired) electrons. The van der Waals surface area contributed by atoms with Gasteiger partial charge in [-0.25, -0.2) is 9.97 Å². The number of halogens is 2. The molecular weight excluding hydrogens is 347 g/mol. The molecule has 2 rings (SSSR count). The molecule has 0 aliphatic carbocycles. The molecule has 1 aromatic carbocycles. The highest BCUT2D eigenvalue weighted by Gasteiger charge is 2.10. The van der Waals surface area contributed by atoms with Gasteiger partial charge >= 0.3 is 0 Å². The third-order valence-corrected chi connectivity index (χ3v) is 4.22. The number of aromatic nitrogens is 2. The van der Waals surface area contributed by atoms with Crippen LogP contribution >= 0.6 is 34.2 Å². The first-order valence-electron chi connectivity index (χ1n) is 5.40. The fraction of sp³-hybridized carbons (Fsp3) is 0.231. The van der Waals surface area contributed by atoms with Gasteiger partial charge in [0.15, 0.2) is 5.82 Å². The Kier molecular flexibility index (Phi) is 3.99. The van der Waals surface area contributed by atoms with Crippen LogP contribution < -0.4 is 0 Å². The van der Waals surface area contributed by atoms with Crippen LogP contribution in [0.2, 0.25) is 5.15 Å². The first-order valence-corrected chi connectivity index (χ1v) is 6.86. The summed E-state index contributed by atoms with van der Waals surface area (Å²) in [6.45, 7) is 4.12. The molecule has 0 amide bonds. The molecule has 1 heterocycles. The predicted octanol–water partition coefficient (Wildman–Crippen LogP) is 4.27. The van der Waals surface area contributed by atoms with Gasteiger partial charge in [-0.3, -0.25) is 0 Å². The highest BCUT2D eigenvalue weighted by Crippen LogP contribution is 2.24. The van der Waals surface area contributed by atoms with Crippen LogP contribution in [-0.2, 0) is 6.42 Å². The Morgan fingerprint density at radius 3 is 2.71 bits per heavy atom. The van der Waals surface area contributed by atoms with Gasteiger partial charge in [0.1, 0.15) is 5.15 Å². The molecule has 17 heavy (non-hydrogen) atoms. The van der Waals surface area contributed by atoms with Crippen molar-refractivity contribution in [2.24, 2.45) is 0 Å². The second-order valence-corrected chi connectivity index (χ2v) is 5.26. The summed E-state index contributed by atoms with van der Waals surface area (Å²) < 4.78 is 0.947. The van der Waals surface area contributed by atoms with Gasteiger partial charge in [0.05, 0.1) is 9.26 Å². The first kappa shape index (κ1) is 12.8. The molecule has 0 fully saturated rings. The lowest BCUT2D eigenvalue weighted by molar-refractivity contribution is 0.989. The average Bonchev–Trinajstić information content (AvgIpc) is 2.32. The number of aryl methyl sites for hydroxylation is 2. The van der Waals surface area contributed by atoms with Crippen molar-refractivity contribution in [1.29, 1.82) is 0 Å². The van der Waals surface area contributed by atoms with Gasteiger partial charge < -0.3 is 0 Å². The standard InChI is InChI=1S/C13H12ClIN2/c1-3-10-11(15)12(14)17-13(16-10)9-6-4-5-8(2)7-9/h4-7H,3H2,1-2H3. The van der Waals surface area contributed by atoms with Crippen molar-refractivity contribution < 1.29 is 0 Å². The van der Waals surface area contributed by atoms with Crippen LogP contribution in [0.1, 0.15) is 18.2 Å². The average molecular weight is 359 g/mol. The summed E-state index contributed by atoms with van der Waals surface area (Å²) in [5, 5.41) is 0.536. The van der Waals surface area contributed by atoms with Crippen molar-refractivity contribution in [2.75, 3.05) is 0 Å². The Bertz CT molecular complexity index is 555. The highest BCUT2D eigenvalue weighted by atomic mass is 127. The fourth-order valence-electron chi connectivity index (χ4n) is 1.61. The Morgan fingerprint density at radius 2 is 2.06 bits per heavy atom. The third-order valence-electron chi connectivity index (χ3n) is 2.49. The summed E-state index contributed by atoms with van der Waals surface area (Å²) in [5.41, 5.74) is 3.21. The van der Waals surface area contributed by atoms with E-state index in [4.69, 9.17) is 11.6 Å². The van der Waals surface area contributed by atoms with Crippen LogP contribution in [0.4, 0.5) is 0 Å². The SMILES string of the molecule is CCc1nc(-c2cccc(C)c2)nc(Cl)c1I. The Balaban J connectivity index is 2.56. The van der Waals surface area contributed by atoms with Crippen molar-refractivity contribution in [3.8, 4) is 11.4 Å². The molecule has 0 atom stereocenters. The van der Waals surface area contributed by atoms with Crippen LogP contribution in [0.25, 0.3) is 11.4 Å². The molecule has 0 saturated carbocycles. The van der Waals surface area contributed by atoms with Crippen LogP contribution in [-0.4, -0.2) is 9.97 Å². The van der Waals surface area contributed by atoms with Gasteiger partial charge in [-0.15, -0.1) is 0 Å². The monoisotopic (exact) mass is 358 g/mol. The molecule has 0 N–H and O–H groups in total. The predicted molar refractivity (Wildman–Crippen MR) is 79.3 cm³/mol. The quantitative estimate of drug-likeness (QED) is 0.592. The summed E-state index contributed by atoms with van der Waals surface area (Å²) in [6, 6.07) is 8.13. The van der Waals surface area contributed by atoms with Gasteiger partial charge in [-0.05, 0) is 42.0 Å². The van der Waals surface area contributed by atoms with Gasteiger partial charge in [-0.1, -0.05) is 42.3 Å². The summed E-state index contributed by atoms with van der Waals surface area (Å²) in [6.07, 6.45) is 0.860. The van der Waals surface area contributed by atoms with E-state index in [0.717, 1.165) is 21.2 Å². The molecule has 4 heteroatoms. The van der Waals surface area contributed by atoms with Crippen LogP contribution in [0, 0.1) is 10.5 Å². The molecular formula is C13H12ClIN2. The normalized spacial score (nSPS) is 10.6. The molecule has 0 aliphatic heterocycles. The number of nitrogens with zero attached hydrogens (tertiary/aromatic N) is 2. The summed E-state index contributed by atoms with van der Waals surface area (Å²) in [5.74, 6) is 0.705. The lowest BCUT2D eigenvalue weighted by atomic mass is 10.1. The van der Waals surface area contributed by atoms with E-state index in [2.05, 4.69) is 58.5 Å². The van der Waals surface area contributed by atoms with Crippen molar-refractivity contribution in [3.63, 3.8) is 0 Å². The van der Waals surface area contributed by atoms with Crippen molar-refractivity contribution >= 4 is 34.2 Å². The summed E-state index contributed by atoms with van der Waals surface area (Å²) in [4.78, 5) is 8.90. The Hall–Kier alpha value is -0.680. The second-order valence-electron chi connectivity index (χ2n) is 3.82. The van der Waals surface area contributed by atoms with Gasteiger partial charge in [0.2, 0.25) is 0 Å². The van der Waals surface area contributed by atoms with E-state index in [1.807, 2.05) is 12.1 Å². The molecule has 2 nitrogen and oxygen atoms in total. The minimum absolute atomic E-state index is 0.536. The van der Waals surface area contributed by atoms with Crippen molar-refractivity contribution in [2.45, 2.75) is 20.3 Å². The number of hydrogen-bond donors (Lipinski definition) is 0. The molecule has 2 aromatic rings. The molecule has 88 valence electrons. The van der Waals surface area contributed by atoms with E-state index in [-0.39, 0.29) is 0 Å². The molecule has 1 aromatic heterocycles. The summed E-state index contributed by atoms with van der Waals surface area (Å²) in [7, 11) is 0. The zero-order valence-corrected chi connectivity index (χ0v) is 12.6. The van der Waals surface area contributed by atoms with Gasteiger partial charge in [-0.2, -0.15) is 0 Å². The maximum Gasteiger partial charge on any atom is 0.161 e. The third kappa shape index (κ3) is 2.77. The van der Waals surface area contributed by atoms with E-state index in [1.165, 1.54) is 5.56 Å². The van der Waals surface area contributed by atoms with Crippen molar-refractivity contribution in [3.05, 3.63) is 44.2 Å². The smallest absolute Gasteiger partial charge is 0.161 e. The van der Waals surface area contributed by atoms with E-state index in [1.54, 1.807) is 0 Å². The van der Waals surface area contributed by atoms with E-state index < -0.39 is 0 Å². The molecule has 0 spiro atoms. The van der Waals surface area contributed by atoms with Gasteiger partial charge in [0.25, 0.3) is 0 Å². The number of benzene rings is 1. The highest BCUT2D eigenvalue weighted by molar-refractivity contribution is 14.1. The zero-order chi connectivity index (χ0) is 12.4. The lowest BCUT2D eigenvalue weighted by Gasteiger charge is -2.07. The summed E-state index contributed by atoms with van der Waals surface area (Å²) >= 11 is 8.32. The van der Waals surface area contributed by atoms with Crippen LogP contribution in [0.15, 0.2) is 24.3 Å². The first-order chi connectivity index (χ1) is 8.11. The number of rotatable bonds is 2. The molecule has 0 bridgehead atoms. The lowest BCUT2D eigenvalue weighted by Crippen LogP contribution is -1.99. The topological polar surface area (TPSA) is 25.8 Å². The maximum atomic E-state index is 6.13. The van der Waals surface area contributed by atoms with Gasteiger partial charge in [0, 0.05) is 5.56 Å². The second kappa shape index (κ2) is 5.31. The van der Waals surface area contributed by atoms with Crippen LogP contribution in [0.3, 0.4) is 0 Å². The van der Waals surface area contributed by atoms with E-state index in [9.17, 15) is 0 Å². The maximum absolute atomic E-state index is 6.13. The Morgan fingerprint density at radius 1 is 1.29 bits per heavy atom. The zero-order valence-electron chi connectivity index (χ0n) is 9.67. The largest absolute Gasteiger partial charge is 0.232 e. The van der Waals surface area contributed by atoms with Crippen LogP contribution in [0.5, 0.6) is 0 Å². The van der Waals surface area contributed by atoms with E-state index in [0.29, 0.717) is 11.0 Å². The van der Waals surface area contributed by atoms with Crippen molar-refractivity contribution in [1.82, 2.24) is 9.97 Å². The molecule has 0 saturated heterocycles. The minimum Gasteiger partial charge on any atom is -0.232 e. The molecule has 0 aliphatic rings. The molecule has 0 unspecified atom stereocenters. The fourth-order valence-corrected chi connectivity index (χ4v) is 2.42.